The number of fused-ring (bicyclic) bond motifs is 1. The maximum Gasteiger partial charge on any atom is 0.231 e. The van der Waals surface area contributed by atoms with Gasteiger partial charge in [-0.05, 0) is 31.5 Å². The second-order valence-electron chi connectivity index (χ2n) is 4.59. The molecule has 19 heavy (non-hydrogen) atoms. The predicted molar refractivity (Wildman–Crippen MR) is 68.9 cm³/mol. The van der Waals surface area contributed by atoms with E-state index in [0.29, 0.717) is 6.79 Å². The van der Waals surface area contributed by atoms with E-state index < -0.39 is 0 Å². The van der Waals surface area contributed by atoms with Crippen molar-refractivity contribution in [1.29, 1.82) is 0 Å². The molecule has 0 spiro atoms. The van der Waals surface area contributed by atoms with Crippen LogP contribution in [0.25, 0.3) is 0 Å². The van der Waals surface area contributed by atoms with Gasteiger partial charge in [0, 0.05) is 6.04 Å². The Morgan fingerprint density at radius 2 is 2.05 bits per heavy atom. The maximum absolute atomic E-state index is 5.39. The summed E-state index contributed by atoms with van der Waals surface area (Å²) in [5, 5.41) is 10.2. The molecule has 0 fully saturated rings. The minimum atomic E-state index is 0.0999. The number of aromatic nitrogens is 3. The molecule has 2 heterocycles. The molecule has 2 unspecified atom stereocenters. The van der Waals surface area contributed by atoms with E-state index in [1.807, 2.05) is 25.1 Å². The molecule has 100 valence electrons. The zero-order valence-electron chi connectivity index (χ0n) is 10.9. The third-order valence-electron chi connectivity index (χ3n) is 3.24. The van der Waals surface area contributed by atoms with E-state index in [1.165, 1.54) is 6.33 Å². The highest BCUT2D eigenvalue weighted by Crippen LogP contribution is 2.34. The molecule has 1 aromatic carbocycles. The Bertz CT molecular complexity index is 556. The molecule has 6 nitrogen and oxygen atoms in total. The van der Waals surface area contributed by atoms with Gasteiger partial charge in [0.05, 0.1) is 6.04 Å². The van der Waals surface area contributed by atoms with E-state index in [0.717, 1.165) is 22.9 Å². The van der Waals surface area contributed by atoms with Crippen LogP contribution in [0, 0.1) is 0 Å². The summed E-state index contributed by atoms with van der Waals surface area (Å²) >= 11 is 0. The molecule has 3 rings (SSSR count). The zero-order valence-corrected chi connectivity index (χ0v) is 10.9. The van der Waals surface area contributed by atoms with Crippen molar-refractivity contribution >= 4 is 0 Å². The molecular weight excluding hydrogens is 244 g/mol. The maximum atomic E-state index is 5.39. The number of nitrogens with zero attached hydrogens (tertiary/aromatic N) is 2. The lowest BCUT2D eigenvalue weighted by atomic mass is 10.1. The summed E-state index contributed by atoms with van der Waals surface area (Å²) in [5.41, 5.74) is 1.15. The van der Waals surface area contributed by atoms with E-state index in [9.17, 15) is 0 Å². The minimum Gasteiger partial charge on any atom is -0.454 e. The van der Waals surface area contributed by atoms with Crippen LogP contribution in [0.3, 0.4) is 0 Å². The van der Waals surface area contributed by atoms with Gasteiger partial charge in [-0.15, -0.1) is 0 Å². The monoisotopic (exact) mass is 260 g/mol. The Balaban J connectivity index is 1.72. The predicted octanol–water partition coefficient (Wildman–Crippen LogP) is 1.95. The molecular formula is C13H16N4O2. The van der Waals surface area contributed by atoms with Gasteiger partial charge in [-0.25, -0.2) is 4.98 Å². The molecule has 0 amide bonds. The topological polar surface area (TPSA) is 72.1 Å². The molecule has 0 radical (unpaired) electrons. The van der Waals surface area contributed by atoms with Crippen molar-refractivity contribution in [2.45, 2.75) is 25.9 Å². The van der Waals surface area contributed by atoms with Crippen LogP contribution in [-0.2, 0) is 0 Å². The summed E-state index contributed by atoms with van der Waals surface area (Å²) < 4.78 is 10.7. The molecule has 1 aliphatic heterocycles. The van der Waals surface area contributed by atoms with Gasteiger partial charge in [0.2, 0.25) is 6.79 Å². The highest BCUT2D eigenvalue weighted by molar-refractivity contribution is 5.45. The van der Waals surface area contributed by atoms with Crippen LogP contribution >= 0.6 is 0 Å². The van der Waals surface area contributed by atoms with Gasteiger partial charge in [-0.2, -0.15) is 5.10 Å². The number of benzene rings is 1. The first-order chi connectivity index (χ1) is 9.24. The number of hydrogen-bond donors (Lipinski definition) is 2. The van der Waals surface area contributed by atoms with Gasteiger partial charge in [-0.1, -0.05) is 6.07 Å². The van der Waals surface area contributed by atoms with E-state index in [4.69, 9.17) is 9.47 Å². The smallest absolute Gasteiger partial charge is 0.231 e. The molecule has 0 aliphatic carbocycles. The molecule has 0 saturated carbocycles. The number of nitrogens with one attached hydrogen (secondary N) is 2. The SMILES string of the molecule is CC(NC(C)c1ncn[nH]1)c1ccc2c(c1)OCO2. The molecule has 2 N–H and O–H groups in total. The van der Waals surface area contributed by atoms with Gasteiger partial charge < -0.3 is 14.8 Å². The van der Waals surface area contributed by atoms with Crippen LogP contribution in [0.15, 0.2) is 24.5 Å². The van der Waals surface area contributed by atoms with Crippen molar-refractivity contribution in [3.05, 3.63) is 35.9 Å². The molecule has 2 atom stereocenters. The third-order valence-corrected chi connectivity index (χ3v) is 3.24. The number of aromatic amines is 1. The van der Waals surface area contributed by atoms with Crippen LogP contribution in [0.4, 0.5) is 0 Å². The first-order valence-corrected chi connectivity index (χ1v) is 6.25. The lowest BCUT2D eigenvalue weighted by Crippen LogP contribution is -2.23. The average molecular weight is 260 g/mol. The van der Waals surface area contributed by atoms with Crippen LogP contribution in [0.5, 0.6) is 11.5 Å². The quantitative estimate of drug-likeness (QED) is 0.879. The summed E-state index contributed by atoms with van der Waals surface area (Å²) in [6.07, 6.45) is 1.51. The van der Waals surface area contributed by atoms with E-state index in [1.54, 1.807) is 0 Å². The van der Waals surface area contributed by atoms with Crippen LogP contribution < -0.4 is 14.8 Å². The lowest BCUT2D eigenvalue weighted by Gasteiger charge is -2.18. The molecule has 0 saturated heterocycles. The Labute approximate surface area is 111 Å². The molecule has 1 aromatic heterocycles. The minimum absolute atomic E-state index is 0.0999. The summed E-state index contributed by atoms with van der Waals surface area (Å²) in [5.74, 6) is 2.44. The van der Waals surface area contributed by atoms with Crippen molar-refractivity contribution in [2.75, 3.05) is 6.79 Å². The van der Waals surface area contributed by atoms with E-state index in [-0.39, 0.29) is 12.1 Å². The average Bonchev–Trinajstić information content (AvgIpc) is 3.09. The molecule has 0 bridgehead atoms. The molecule has 2 aromatic rings. The van der Waals surface area contributed by atoms with Crippen molar-refractivity contribution < 1.29 is 9.47 Å². The van der Waals surface area contributed by atoms with Gasteiger partial charge in [0.15, 0.2) is 11.5 Å². The standard InChI is InChI=1S/C13H16N4O2/c1-8(16-9(2)13-14-6-15-17-13)10-3-4-11-12(5-10)19-7-18-11/h3-6,8-9,16H,7H2,1-2H3,(H,14,15,17). The molecule has 6 heteroatoms. The first kappa shape index (κ1) is 12.0. The van der Waals surface area contributed by atoms with E-state index in [2.05, 4.69) is 27.4 Å². The Kier molecular flexibility index (Phi) is 3.08. The molecule has 1 aliphatic rings. The van der Waals surface area contributed by atoms with Gasteiger partial charge >= 0.3 is 0 Å². The second-order valence-corrected chi connectivity index (χ2v) is 4.59. The number of rotatable bonds is 4. The van der Waals surface area contributed by atoms with Crippen LogP contribution in [0.2, 0.25) is 0 Å². The van der Waals surface area contributed by atoms with Crippen molar-refractivity contribution in [2.24, 2.45) is 0 Å². The Hall–Kier alpha value is -2.08. The third kappa shape index (κ3) is 2.39. The van der Waals surface area contributed by atoms with Gasteiger partial charge in [0.25, 0.3) is 0 Å². The second kappa shape index (κ2) is 4.89. The highest BCUT2D eigenvalue weighted by atomic mass is 16.7. The fourth-order valence-electron chi connectivity index (χ4n) is 2.16. The van der Waals surface area contributed by atoms with E-state index >= 15 is 0 Å². The zero-order chi connectivity index (χ0) is 13.2. The van der Waals surface area contributed by atoms with Gasteiger partial charge in [-0.3, -0.25) is 5.10 Å². The lowest BCUT2D eigenvalue weighted by molar-refractivity contribution is 0.174. The number of hydrogen-bond acceptors (Lipinski definition) is 5. The summed E-state index contributed by atoms with van der Waals surface area (Å²) in [6, 6.07) is 6.26. The van der Waals surface area contributed by atoms with Crippen LogP contribution in [0.1, 0.15) is 37.3 Å². The highest BCUT2D eigenvalue weighted by Gasteiger charge is 2.17. The Morgan fingerprint density at radius 3 is 2.84 bits per heavy atom. The fourth-order valence-corrected chi connectivity index (χ4v) is 2.16. The van der Waals surface area contributed by atoms with Crippen molar-refractivity contribution in [3.8, 4) is 11.5 Å². The van der Waals surface area contributed by atoms with Crippen molar-refractivity contribution in [1.82, 2.24) is 20.5 Å². The van der Waals surface area contributed by atoms with Crippen molar-refractivity contribution in [3.63, 3.8) is 0 Å². The number of H-pyrrole nitrogens is 1. The largest absolute Gasteiger partial charge is 0.454 e. The summed E-state index contributed by atoms with van der Waals surface area (Å²) in [6.45, 7) is 4.45. The Morgan fingerprint density at radius 1 is 1.21 bits per heavy atom. The van der Waals surface area contributed by atoms with Gasteiger partial charge in [0.1, 0.15) is 12.2 Å². The van der Waals surface area contributed by atoms with Crippen LogP contribution in [-0.4, -0.2) is 22.0 Å². The number of ether oxygens (including phenoxy) is 2. The first-order valence-electron chi connectivity index (χ1n) is 6.25. The summed E-state index contributed by atoms with van der Waals surface area (Å²) in [7, 11) is 0. The normalized spacial score (nSPS) is 16.3. The fraction of sp³-hybridized carbons (Fsp3) is 0.385. The summed E-state index contributed by atoms with van der Waals surface area (Å²) in [4.78, 5) is 4.15.